The smallest absolute Gasteiger partial charge is 0.338 e. The molecule has 3 rings (SSSR count). The number of rotatable bonds is 7. The van der Waals surface area contributed by atoms with Gasteiger partial charge in [0.1, 0.15) is 5.82 Å². The van der Waals surface area contributed by atoms with Crippen LogP contribution in [0.3, 0.4) is 0 Å². The molecular weight excluding hydrogens is 357 g/mol. The van der Waals surface area contributed by atoms with Crippen molar-refractivity contribution < 1.29 is 18.7 Å². The fourth-order valence-corrected chi connectivity index (χ4v) is 2.73. The molecule has 0 saturated heterocycles. The largest absolute Gasteiger partial charge is 0.452 e. The predicted octanol–water partition coefficient (Wildman–Crippen LogP) is 4.01. The Labute approximate surface area is 163 Å². The number of esters is 1. The summed E-state index contributed by atoms with van der Waals surface area (Å²) >= 11 is 0. The van der Waals surface area contributed by atoms with Crippen LogP contribution in [-0.2, 0) is 16.0 Å². The van der Waals surface area contributed by atoms with Crippen molar-refractivity contribution in [3.05, 3.63) is 95.8 Å². The SMILES string of the molecule is O=C(COC(=O)c1ccc(-c2ccccc2)cc1)NCCc1ccccc1F. The molecule has 0 bridgehead atoms. The third-order valence-electron chi connectivity index (χ3n) is 4.24. The lowest BCUT2D eigenvalue weighted by molar-refractivity contribution is -0.124. The second-order valence-corrected chi connectivity index (χ2v) is 6.21. The Kier molecular flexibility index (Phi) is 6.52. The molecule has 142 valence electrons. The van der Waals surface area contributed by atoms with E-state index in [1.54, 1.807) is 30.3 Å². The maximum absolute atomic E-state index is 13.5. The van der Waals surface area contributed by atoms with Gasteiger partial charge in [-0.3, -0.25) is 4.79 Å². The maximum Gasteiger partial charge on any atom is 0.338 e. The number of benzene rings is 3. The van der Waals surface area contributed by atoms with Crippen LogP contribution in [0.4, 0.5) is 4.39 Å². The number of halogens is 1. The molecule has 1 amide bonds. The van der Waals surface area contributed by atoms with Crippen molar-refractivity contribution in [3.8, 4) is 11.1 Å². The van der Waals surface area contributed by atoms with Gasteiger partial charge in [0.05, 0.1) is 5.56 Å². The molecule has 28 heavy (non-hydrogen) atoms. The summed E-state index contributed by atoms with van der Waals surface area (Å²) in [5.74, 6) is -1.29. The van der Waals surface area contributed by atoms with Crippen LogP contribution >= 0.6 is 0 Å². The molecule has 0 unspecified atom stereocenters. The highest BCUT2D eigenvalue weighted by Crippen LogP contribution is 2.19. The first kappa shape index (κ1) is 19.3. The Morgan fingerprint density at radius 1 is 0.821 bits per heavy atom. The van der Waals surface area contributed by atoms with Gasteiger partial charge in [0.25, 0.3) is 5.91 Å². The predicted molar refractivity (Wildman–Crippen MR) is 105 cm³/mol. The molecular formula is C23H20FNO3. The van der Waals surface area contributed by atoms with E-state index in [1.165, 1.54) is 6.07 Å². The molecule has 0 radical (unpaired) electrons. The quantitative estimate of drug-likeness (QED) is 0.633. The van der Waals surface area contributed by atoms with E-state index >= 15 is 0 Å². The van der Waals surface area contributed by atoms with Gasteiger partial charge in [-0.25, -0.2) is 9.18 Å². The van der Waals surface area contributed by atoms with Crippen LogP contribution in [0.15, 0.2) is 78.9 Å². The molecule has 1 N–H and O–H groups in total. The molecule has 0 aromatic heterocycles. The highest BCUT2D eigenvalue weighted by atomic mass is 19.1. The summed E-state index contributed by atoms with van der Waals surface area (Å²) in [6.07, 6.45) is 0.368. The van der Waals surface area contributed by atoms with E-state index in [-0.39, 0.29) is 19.0 Å². The molecule has 3 aromatic rings. The molecule has 0 aliphatic rings. The lowest BCUT2D eigenvalue weighted by atomic mass is 10.0. The zero-order valence-electron chi connectivity index (χ0n) is 15.2. The summed E-state index contributed by atoms with van der Waals surface area (Å²) in [5, 5.41) is 2.61. The monoisotopic (exact) mass is 377 g/mol. The number of hydrogen-bond acceptors (Lipinski definition) is 3. The second kappa shape index (κ2) is 9.46. The fourth-order valence-electron chi connectivity index (χ4n) is 2.73. The van der Waals surface area contributed by atoms with Crippen LogP contribution in [0.25, 0.3) is 11.1 Å². The van der Waals surface area contributed by atoms with Gasteiger partial charge in [0.15, 0.2) is 6.61 Å². The molecule has 0 aliphatic heterocycles. The first-order valence-electron chi connectivity index (χ1n) is 8.96. The van der Waals surface area contributed by atoms with E-state index < -0.39 is 11.9 Å². The van der Waals surface area contributed by atoms with Gasteiger partial charge < -0.3 is 10.1 Å². The minimum absolute atomic E-state index is 0.267. The minimum atomic E-state index is -0.566. The standard InChI is InChI=1S/C23H20FNO3/c24-21-9-5-4-8-19(21)14-15-25-22(26)16-28-23(27)20-12-10-18(11-13-20)17-6-2-1-3-7-17/h1-13H,14-16H2,(H,25,26). The van der Waals surface area contributed by atoms with Crippen LogP contribution in [-0.4, -0.2) is 25.0 Å². The Morgan fingerprint density at radius 2 is 1.46 bits per heavy atom. The summed E-state index contributed by atoms with van der Waals surface area (Å²) < 4.78 is 18.5. The first-order valence-corrected chi connectivity index (χ1v) is 8.96. The van der Waals surface area contributed by atoms with Gasteiger partial charge in [-0.05, 0) is 41.3 Å². The van der Waals surface area contributed by atoms with Crippen molar-refractivity contribution in [1.82, 2.24) is 5.32 Å². The Morgan fingerprint density at radius 3 is 2.18 bits per heavy atom. The van der Waals surface area contributed by atoms with Crippen molar-refractivity contribution >= 4 is 11.9 Å². The van der Waals surface area contributed by atoms with E-state index in [1.807, 2.05) is 42.5 Å². The van der Waals surface area contributed by atoms with Crippen LogP contribution in [0.5, 0.6) is 0 Å². The maximum atomic E-state index is 13.5. The average Bonchev–Trinajstić information content (AvgIpc) is 2.74. The number of carbonyl (C=O) groups is 2. The molecule has 0 heterocycles. The zero-order valence-corrected chi connectivity index (χ0v) is 15.2. The molecule has 5 heteroatoms. The van der Waals surface area contributed by atoms with Gasteiger partial charge in [-0.1, -0.05) is 60.7 Å². The van der Waals surface area contributed by atoms with Gasteiger partial charge in [0.2, 0.25) is 0 Å². The normalized spacial score (nSPS) is 10.3. The van der Waals surface area contributed by atoms with Crippen molar-refractivity contribution in [3.63, 3.8) is 0 Å². The van der Waals surface area contributed by atoms with E-state index in [9.17, 15) is 14.0 Å². The molecule has 0 spiro atoms. The average molecular weight is 377 g/mol. The highest BCUT2D eigenvalue weighted by molar-refractivity contribution is 5.91. The van der Waals surface area contributed by atoms with E-state index in [0.717, 1.165) is 11.1 Å². The summed E-state index contributed by atoms with van der Waals surface area (Å²) in [4.78, 5) is 23.9. The molecule has 0 aliphatic carbocycles. The van der Waals surface area contributed by atoms with Crippen molar-refractivity contribution in [2.45, 2.75) is 6.42 Å². The van der Waals surface area contributed by atoms with Gasteiger partial charge in [-0.2, -0.15) is 0 Å². The van der Waals surface area contributed by atoms with E-state index in [0.29, 0.717) is 17.5 Å². The summed E-state index contributed by atoms with van der Waals surface area (Å²) in [5.41, 5.74) is 2.94. The minimum Gasteiger partial charge on any atom is -0.452 e. The van der Waals surface area contributed by atoms with Gasteiger partial charge in [-0.15, -0.1) is 0 Å². The molecule has 0 atom stereocenters. The fraction of sp³-hybridized carbons (Fsp3) is 0.130. The number of ether oxygens (including phenoxy) is 1. The Balaban J connectivity index is 1.44. The number of carbonyl (C=O) groups excluding carboxylic acids is 2. The first-order chi connectivity index (χ1) is 13.6. The van der Waals surface area contributed by atoms with E-state index in [4.69, 9.17) is 4.74 Å². The van der Waals surface area contributed by atoms with Crippen LogP contribution in [0, 0.1) is 5.82 Å². The number of hydrogen-bond donors (Lipinski definition) is 1. The molecule has 0 saturated carbocycles. The van der Waals surface area contributed by atoms with Gasteiger partial charge >= 0.3 is 5.97 Å². The lowest BCUT2D eigenvalue weighted by Gasteiger charge is -2.08. The summed E-state index contributed by atoms with van der Waals surface area (Å²) in [6.45, 7) is -0.111. The second-order valence-electron chi connectivity index (χ2n) is 6.21. The highest BCUT2D eigenvalue weighted by Gasteiger charge is 2.10. The van der Waals surface area contributed by atoms with Crippen LogP contribution < -0.4 is 5.32 Å². The van der Waals surface area contributed by atoms with Crippen LogP contribution in [0.1, 0.15) is 15.9 Å². The zero-order chi connectivity index (χ0) is 19.8. The third-order valence-corrected chi connectivity index (χ3v) is 4.24. The van der Waals surface area contributed by atoms with Crippen molar-refractivity contribution in [2.75, 3.05) is 13.2 Å². The van der Waals surface area contributed by atoms with E-state index in [2.05, 4.69) is 5.32 Å². The summed E-state index contributed by atoms with van der Waals surface area (Å²) in [6, 6.07) is 23.2. The Hall–Kier alpha value is -3.47. The molecule has 4 nitrogen and oxygen atoms in total. The van der Waals surface area contributed by atoms with Crippen molar-refractivity contribution in [1.29, 1.82) is 0 Å². The summed E-state index contributed by atoms with van der Waals surface area (Å²) in [7, 11) is 0. The van der Waals surface area contributed by atoms with Crippen LogP contribution in [0.2, 0.25) is 0 Å². The topological polar surface area (TPSA) is 55.4 Å². The number of amides is 1. The lowest BCUT2D eigenvalue weighted by Crippen LogP contribution is -2.30. The van der Waals surface area contributed by atoms with Crippen molar-refractivity contribution in [2.24, 2.45) is 0 Å². The molecule has 0 fully saturated rings. The van der Waals surface area contributed by atoms with Gasteiger partial charge in [0, 0.05) is 6.54 Å². The Bertz CT molecular complexity index is 940. The third kappa shape index (κ3) is 5.27. The molecule has 3 aromatic carbocycles. The number of nitrogens with one attached hydrogen (secondary N) is 1.